The summed E-state index contributed by atoms with van der Waals surface area (Å²) >= 11 is 1.93. The van der Waals surface area contributed by atoms with Crippen LogP contribution in [0.3, 0.4) is 0 Å². The Bertz CT molecular complexity index is 85.1. The number of methoxy groups -OCH3 is 1. The van der Waals surface area contributed by atoms with Gasteiger partial charge in [-0.05, 0) is 12.2 Å². The van der Waals surface area contributed by atoms with Gasteiger partial charge in [0.2, 0.25) is 0 Å². The third-order valence-corrected chi connectivity index (χ3v) is 3.10. The van der Waals surface area contributed by atoms with E-state index in [9.17, 15) is 0 Å². The summed E-state index contributed by atoms with van der Waals surface area (Å²) in [5.41, 5.74) is 5.56. The third-order valence-electron chi connectivity index (χ3n) is 1.87. The van der Waals surface area contributed by atoms with Gasteiger partial charge in [0, 0.05) is 19.4 Å². The molecule has 0 radical (unpaired) electrons. The minimum absolute atomic E-state index is 0.0185. The zero-order valence-electron chi connectivity index (χ0n) is 5.72. The molecule has 2 nitrogen and oxygen atoms in total. The lowest BCUT2D eigenvalue weighted by molar-refractivity contribution is 0.0209. The van der Waals surface area contributed by atoms with Gasteiger partial charge < -0.3 is 10.5 Å². The van der Waals surface area contributed by atoms with Gasteiger partial charge in [0.15, 0.2) is 0 Å². The number of thioether (sulfide) groups is 1. The molecule has 1 heterocycles. The first kappa shape index (κ1) is 7.38. The lowest BCUT2D eigenvalue weighted by Gasteiger charge is -2.23. The Balaban J connectivity index is 2.45. The Hall–Kier alpha value is 0.270. The summed E-state index contributed by atoms with van der Waals surface area (Å²) in [4.78, 5) is 0. The average Bonchev–Trinajstić information content (AvgIpc) is 2.36. The molecule has 0 aliphatic carbocycles. The topological polar surface area (TPSA) is 35.2 Å². The lowest BCUT2D eigenvalue weighted by atomic mass is 10.0. The zero-order valence-corrected chi connectivity index (χ0v) is 6.54. The van der Waals surface area contributed by atoms with Gasteiger partial charge in [0.25, 0.3) is 0 Å². The summed E-state index contributed by atoms with van der Waals surface area (Å²) < 4.78 is 5.30. The molecule has 0 unspecified atom stereocenters. The van der Waals surface area contributed by atoms with Crippen LogP contribution in [-0.4, -0.2) is 30.8 Å². The number of ether oxygens (including phenoxy) is 1. The maximum absolute atomic E-state index is 5.54. The molecule has 0 aromatic heterocycles. The van der Waals surface area contributed by atoms with Gasteiger partial charge >= 0.3 is 0 Å². The molecule has 1 aliphatic heterocycles. The van der Waals surface area contributed by atoms with Crippen molar-refractivity contribution in [1.29, 1.82) is 0 Å². The largest absolute Gasteiger partial charge is 0.376 e. The lowest BCUT2D eigenvalue weighted by Crippen LogP contribution is -2.39. The molecule has 0 saturated carbocycles. The van der Waals surface area contributed by atoms with Crippen molar-refractivity contribution in [2.75, 3.05) is 25.2 Å². The van der Waals surface area contributed by atoms with Gasteiger partial charge in [-0.25, -0.2) is 0 Å². The average molecular weight is 147 g/mol. The smallest absolute Gasteiger partial charge is 0.0897 e. The monoisotopic (exact) mass is 147 g/mol. The molecule has 54 valence electrons. The van der Waals surface area contributed by atoms with Gasteiger partial charge in [-0.2, -0.15) is 11.8 Å². The summed E-state index contributed by atoms with van der Waals surface area (Å²) in [6.07, 6.45) is 1.12. The summed E-state index contributed by atoms with van der Waals surface area (Å²) in [5, 5.41) is 0. The molecule has 0 spiro atoms. The SMILES string of the molecule is CO[C@]1(CN)CCSC1. The van der Waals surface area contributed by atoms with E-state index in [1.54, 1.807) is 7.11 Å². The maximum Gasteiger partial charge on any atom is 0.0897 e. The molecule has 1 rings (SSSR count). The van der Waals surface area contributed by atoms with Crippen LogP contribution in [0.25, 0.3) is 0 Å². The molecular formula is C6H13NOS. The molecule has 0 bridgehead atoms. The van der Waals surface area contributed by atoms with Gasteiger partial charge in [0.05, 0.1) is 5.60 Å². The van der Waals surface area contributed by atoms with Gasteiger partial charge in [-0.1, -0.05) is 0 Å². The number of nitrogens with two attached hydrogens (primary N) is 1. The van der Waals surface area contributed by atoms with E-state index >= 15 is 0 Å². The van der Waals surface area contributed by atoms with Crippen LogP contribution in [0.2, 0.25) is 0 Å². The van der Waals surface area contributed by atoms with Gasteiger partial charge in [-0.3, -0.25) is 0 Å². The van der Waals surface area contributed by atoms with Crippen LogP contribution in [0.1, 0.15) is 6.42 Å². The molecule has 1 saturated heterocycles. The van der Waals surface area contributed by atoms with Crippen molar-refractivity contribution in [2.45, 2.75) is 12.0 Å². The Morgan fingerprint density at radius 2 is 2.56 bits per heavy atom. The van der Waals surface area contributed by atoms with E-state index in [-0.39, 0.29) is 5.60 Å². The molecule has 9 heavy (non-hydrogen) atoms. The molecule has 2 N–H and O–H groups in total. The Labute approximate surface area is 60.1 Å². The Kier molecular flexibility index (Phi) is 2.38. The van der Waals surface area contributed by atoms with Crippen molar-refractivity contribution < 1.29 is 4.74 Å². The van der Waals surface area contributed by atoms with Crippen molar-refractivity contribution in [1.82, 2.24) is 0 Å². The van der Waals surface area contributed by atoms with Crippen molar-refractivity contribution in [3.05, 3.63) is 0 Å². The molecular weight excluding hydrogens is 134 g/mol. The van der Waals surface area contributed by atoms with Crippen LogP contribution < -0.4 is 5.73 Å². The second kappa shape index (κ2) is 2.90. The highest BCUT2D eigenvalue weighted by Crippen LogP contribution is 2.29. The van der Waals surface area contributed by atoms with Crippen LogP contribution in [0, 0.1) is 0 Å². The standard InChI is InChI=1S/C6H13NOS/c1-8-6(4-7)2-3-9-5-6/h2-5,7H2,1H3/t6-/m0/s1. The highest BCUT2D eigenvalue weighted by Gasteiger charge is 2.32. The first-order valence-electron chi connectivity index (χ1n) is 3.16. The molecule has 0 amide bonds. The van der Waals surface area contributed by atoms with E-state index in [0.717, 1.165) is 12.2 Å². The van der Waals surface area contributed by atoms with E-state index in [1.807, 2.05) is 11.8 Å². The fourth-order valence-corrected chi connectivity index (χ4v) is 2.41. The second-order valence-corrected chi connectivity index (χ2v) is 3.50. The minimum atomic E-state index is 0.0185. The van der Waals surface area contributed by atoms with Crippen LogP contribution in [0.15, 0.2) is 0 Å². The van der Waals surface area contributed by atoms with E-state index < -0.39 is 0 Å². The van der Waals surface area contributed by atoms with Crippen LogP contribution in [-0.2, 0) is 4.74 Å². The zero-order chi connectivity index (χ0) is 6.74. The molecule has 1 aliphatic rings. The van der Waals surface area contributed by atoms with Crippen molar-refractivity contribution in [3.8, 4) is 0 Å². The highest BCUT2D eigenvalue weighted by molar-refractivity contribution is 7.99. The molecule has 1 atom stereocenters. The third kappa shape index (κ3) is 1.39. The Morgan fingerprint density at radius 3 is 2.78 bits per heavy atom. The summed E-state index contributed by atoms with van der Waals surface area (Å²) in [6, 6.07) is 0. The predicted octanol–water partition coefficient (Wildman–Crippen LogP) is 0.467. The maximum atomic E-state index is 5.54. The van der Waals surface area contributed by atoms with Crippen molar-refractivity contribution in [3.63, 3.8) is 0 Å². The summed E-state index contributed by atoms with van der Waals surface area (Å²) in [5.74, 6) is 2.27. The summed E-state index contributed by atoms with van der Waals surface area (Å²) in [6.45, 7) is 0.663. The summed E-state index contributed by atoms with van der Waals surface area (Å²) in [7, 11) is 1.75. The molecule has 0 aromatic carbocycles. The van der Waals surface area contributed by atoms with E-state index in [2.05, 4.69) is 0 Å². The molecule has 1 fully saturated rings. The fourth-order valence-electron chi connectivity index (χ4n) is 0.994. The number of hydrogen-bond donors (Lipinski definition) is 1. The number of rotatable bonds is 2. The van der Waals surface area contributed by atoms with Gasteiger partial charge in [-0.15, -0.1) is 0 Å². The quantitative estimate of drug-likeness (QED) is 0.616. The fraction of sp³-hybridized carbons (Fsp3) is 1.00. The minimum Gasteiger partial charge on any atom is -0.376 e. The van der Waals surface area contributed by atoms with E-state index in [4.69, 9.17) is 10.5 Å². The predicted molar refractivity (Wildman–Crippen MR) is 40.7 cm³/mol. The first-order valence-corrected chi connectivity index (χ1v) is 4.31. The van der Waals surface area contributed by atoms with Crippen LogP contribution >= 0.6 is 11.8 Å². The molecule has 0 aromatic rings. The van der Waals surface area contributed by atoms with E-state index in [1.165, 1.54) is 5.75 Å². The van der Waals surface area contributed by atoms with Gasteiger partial charge in [0.1, 0.15) is 0 Å². The molecule has 3 heteroatoms. The van der Waals surface area contributed by atoms with E-state index in [0.29, 0.717) is 6.54 Å². The normalized spacial score (nSPS) is 35.3. The highest BCUT2D eigenvalue weighted by atomic mass is 32.2. The van der Waals surface area contributed by atoms with Crippen molar-refractivity contribution >= 4 is 11.8 Å². The van der Waals surface area contributed by atoms with Crippen LogP contribution in [0.4, 0.5) is 0 Å². The first-order chi connectivity index (χ1) is 4.33. The van der Waals surface area contributed by atoms with Crippen LogP contribution in [0.5, 0.6) is 0 Å². The Morgan fingerprint density at radius 1 is 1.78 bits per heavy atom. The number of hydrogen-bond acceptors (Lipinski definition) is 3. The second-order valence-electron chi connectivity index (χ2n) is 2.39. The van der Waals surface area contributed by atoms with Crippen molar-refractivity contribution in [2.24, 2.45) is 5.73 Å².